The maximum absolute atomic E-state index is 13.3. The highest BCUT2D eigenvalue weighted by molar-refractivity contribution is 7.17. The van der Waals surface area contributed by atoms with E-state index in [1.165, 1.54) is 34.7 Å². The normalized spacial score (nSPS) is 11.0. The number of carbonyl (C=O) groups excluding carboxylic acids is 1. The summed E-state index contributed by atoms with van der Waals surface area (Å²) in [5, 5.41) is 2.40. The number of nitrogens with zero attached hydrogens (tertiary/aromatic N) is 3. The molecule has 0 aliphatic heterocycles. The van der Waals surface area contributed by atoms with Gasteiger partial charge in [-0.05, 0) is 35.4 Å². The Labute approximate surface area is 170 Å². The zero-order valence-corrected chi connectivity index (χ0v) is 16.7. The number of fused-ring (bicyclic) bond motifs is 1. The zero-order valence-electron chi connectivity index (χ0n) is 15.9. The van der Waals surface area contributed by atoms with Crippen molar-refractivity contribution >= 4 is 27.5 Å². The lowest BCUT2D eigenvalue weighted by Crippen LogP contribution is -2.22. The first kappa shape index (κ1) is 19.0. The number of thiophene rings is 1. The molecule has 0 saturated carbocycles. The number of carbonyl (C=O) groups is 1. The Hall–Kier alpha value is -3.32. The predicted molar refractivity (Wildman–Crippen MR) is 113 cm³/mol. The Morgan fingerprint density at radius 3 is 2.45 bits per heavy atom. The Morgan fingerprint density at radius 1 is 1.10 bits per heavy atom. The van der Waals surface area contributed by atoms with Crippen molar-refractivity contribution in [1.29, 1.82) is 0 Å². The standard InChI is InChI=1S/C22H18FN3O2S/c1-25(2)21(27)16-5-3-14(4-6-16)11-26-13-24-20-19(22(26)28)18(12-29-20)15-7-9-17(23)10-8-15/h3-10,12-13H,11H2,1-2H3. The van der Waals surface area contributed by atoms with Crippen LogP contribution in [0.4, 0.5) is 4.39 Å². The summed E-state index contributed by atoms with van der Waals surface area (Å²) in [5.41, 5.74) is 2.87. The van der Waals surface area contributed by atoms with E-state index in [0.29, 0.717) is 22.3 Å². The second-order valence-corrected chi connectivity index (χ2v) is 7.77. The van der Waals surface area contributed by atoms with Crippen molar-refractivity contribution < 1.29 is 9.18 Å². The lowest BCUT2D eigenvalue weighted by atomic mass is 10.1. The Bertz CT molecular complexity index is 1240. The Balaban J connectivity index is 1.69. The van der Waals surface area contributed by atoms with Gasteiger partial charge in [-0.1, -0.05) is 24.3 Å². The molecular weight excluding hydrogens is 389 g/mol. The zero-order chi connectivity index (χ0) is 20.5. The number of hydrogen-bond acceptors (Lipinski definition) is 4. The number of amides is 1. The third kappa shape index (κ3) is 3.69. The Morgan fingerprint density at radius 2 is 1.79 bits per heavy atom. The molecule has 0 N–H and O–H groups in total. The molecule has 2 heterocycles. The summed E-state index contributed by atoms with van der Waals surface area (Å²) in [5.74, 6) is -0.390. The van der Waals surface area contributed by atoms with E-state index in [1.807, 2.05) is 17.5 Å². The van der Waals surface area contributed by atoms with Crippen molar-refractivity contribution in [3.05, 3.63) is 87.5 Å². The highest BCUT2D eigenvalue weighted by Gasteiger charge is 2.14. The van der Waals surface area contributed by atoms with Crippen LogP contribution in [0.25, 0.3) is 21.3 Å². The molecule has 29 heavy (non-hydrogen) atoms. The summed E-state index contributed by atoms with van der Waals surface area (Å²) in [7, 11) is 3.41. The third-order valence-corrected chi connectivity index (χ3v) is 5.56. The van der Waals surface area contributed by atoms with Crippen LogP contribution in [-0.4, -0.2) is 34.5 Å². The summed E-state index contributed by atoms with van der Waals surface area (Å²) in [6, 6.07) is 13.3. The molecule has 5 nitrogen and oxygen atoms in total. The first-order valence-corrected chi connectivity index (χ1v) is 9.85. The van der Waals surface area contributed by atoms with Gasteiger partial charge in [0, 0.05) is 30.6 Å². The quantitative estimate of drug-likeness (QED) is 0.514. The van der Waals surface area contributed by atoms with Crippen LogP contribution in [0.1, 0.15) is 15.9 Å². The number of halogens is 1. The molecule has 7 heteroatoms. The molecular formula is C22H18FN3O2S. The fourth-order valence-corrected chi connectivity index (χ4v) is 4.04. The number of aromatic nitrogens is 2. The van der Waals surface area contributed by atoms with E-state index in [-0.39, 0.29) is 17.3 Å². The van der Waals surface area contributed by atoms with Crippen LogP contribution in [0.5, 0.6) is 0 Å². The molecule has 1 amide bonds. The fourth-order valence-electron chi connectivity index (χ4n) is 3.13. The van der Waals surface area contributed by atoms with Crippen LogP contribution in [0.3, 0.4) is 0 Å². The van der Waals surface area contributed by atoms with Crippen LogP contribution in [0, 0.1) is 5.82 Å². The second kappa shape index (κ2) is 7.60. The largest absolute Gasteiger partial charge is 0.345 e. The molecule has 146 valence electrons. The van der Waals surface area contributed by atoms with Gasteiger partial charge in [-0.2, -0.15) is 0 Å². The van der Waals surface area contributed by atoms with Gasteiger partial charge in [-0.15, -0.1) is 11.3 Å². The van der Waals surface area contributed by atoms with Crippen molar-refractivity contribution in [3.63, 3.8) is 0 Å². The molecule has 0 aliphatic rings. The van der Waals surface area contributed by atoms with Gasteiger partial charge in [-0.25, -0.2) is 9.37 Å². The van der Waals surface area contributed by atoms with E-state index < -0.39 is 0 Å². The summed E-state index contributed by atoms with van der Waals surface area (Å²) in [6.45, 7) is 0.344. The minimum atomic E-state index is -0.319. The number of hydrogen-bond donors (Lipinski definition) is 0. The summed E-state index contributed by atoms with van der Waals surface area (Å²) >= 11 is 1.39. The van der Waals surface area contributed by atoms with E-state index in [0.717, 1.165) is 16.7 Å². The average molecular weight is 407 g/mol. The van der Waals surface area contributed by atoms with Crippen LogP contribution >= 0.6 is 11.3 Å². The van der Waals surface area contributed by atoms with E-state index >= 15 is 0 Å². The smallest absolute Gasteiger partial charge is 0.263 e. The van der Waals surface area contributed by atoms with Crippen molar-refractivity contribution in [2.75, 3.05) is 14.1 Å². The van der Waals surface area contributed by atoms with Gasteiger partial charge in [-0.3, -0.25) is 14.2 Å². The summed E-state index contributed by atoms with van der Waals surface area (Å²) in [6.07, 6.45) is 1.54. The SMILES string of the molecule is CN(C)C(=O)c1ccc(Cn2cnc3scc(-c4ccc(F)cc4)c3c2=O)cc1. The molecule has 2 aromatic heterocycles. The van der Waals surface area contributed by atoms with Crippen LogP contribution in [-0.2, 0) is 6.54 Å². The molecule has 0 fully saturated rings. The van der Waals surface area contributed by atoms with Gasteiger partial charge in [0.15, 0.2) is 0 Å². The predicted octanol–water partition coefficient (Wildman–Crippen LogP) is 4.01. The average Bonchev–Trinajstić information content (AvgIpc) is 3.15. The molecule has 4 rings (SSSR count). The molecule has 2 aromatic carbocycles. The molecule has 0 radical (unpaired) electrons. The maximum Gasteiger partial charge on any atom is 0.263 e. The Kier molecular flexibility index (Phi) is 4.98. The van der Waals surface area contributed by atoms with Crippen molar-refractivity contribution in [3.8, 4) is 11.1 Å². The lowest BCUT2D eigenvalue weighted by Gasteiger charge is -2.11. The molecule has 0 aliphatic carbocycles. The monoisotopic (exact) mass is 407 g/mol. The highest BCUT2D eigenvalue weighted by atomic mass is 32.1. The van der Waals surface area contributed by atoms with Gasteiger partial charge >= 0.3 is 0 Å². The summed E-state index contributed by atoms with van der Waals surface area (Å²) < 4.78 is 14.8. The van der Waals surface area contributed by atoms with Gasteiger partial charge < -0.3 is 4.90 Å². The molecule has 0 atom stereocenters. The highest BCUT2D eigenvalue weighted by Crippen LogP contribution is 2.30. The van der Waals surface area contributed by atoms with Crippen molar-refractivity contribution in [2.24, 2.45) is 0 Å². The molecule has 4 aromatic rings. The number of benzene rings is 2. The first-order chi connectivity index (χ1) is 13.9. The molecule has 0 saturated heterocycles. The van der Waals surface area contributed by atoms with Crippen LogP contribution < -0.4 is 5.56 Å². The third-order valence-electron chi connectivity index (χ3n) is 4.68. The van der Waals surface area contributed by atoms with Crippen LogP contribution in [0.15, 0.2) is 65.0 Å². The van der Waals surface area contributed by atoms with Crippen molar-refractivity contribution in [1.82, 2.24) is 14.5 Å². The van der Waals surface area contributed by atoms with Gasteiger partial charge in [0.1, 0.15) is 10.6 Å². The van der Waals surface area contributed by atoms with Gasteiger partial charge in [0.2, 0.25) is 0 Å². The lowest BCUT2D eigenvalue weighted by molar-refractivity contribution is 0.0827. The van der Waals surface area contributed by atoms with Crippen LogP contribution in [0.2, 0.25) is 0 Å². The van der Waals surface area contributed by atoms with Crippen molar-refractivity contribution in [2.45, 2.75) is 6.54 Å². The molecule has 0 spiro atoms. The fraction of sp³-hybridized carbons (Fsp3) is 0.136. The molecule has 0 unspecified atom stereocenters. The minimum Gasteiger partial charge on any atom is -0.345 e. The van der Waals surface area contributed by atoms with Gasteiger partial charge in [0.25, 0.3) is 11.5 Å². The maximum atomic E-state index is 13.3. The summed E-state index contributed by atoms with van der Waals surface area (Å²) in [4.78, 5) is 31.7. The van der Waals surface area contributed by atoms with E-state index in [4.69, 9.17) is 0 Å². The van der Waals surface area contributed by atoms with E-state index in [2.05, 4.69) is 4.98 Å². The second-order valence-electron chi connectivity index (χ2n) is 6.91. The van der Waals surface area contributed by atoms with E-state index in [9.17, 15) is 14.0 Å². The van der Waals surface area contributed by atoms with Gasteiger partial charge in [0.05, 0.1) is 18.3 Å². The topological polar surface area (TPSA) is 55.2 Å². The van der Waals surface area contributed by atoms with E-state index in [1.54, 1.807) is 42.9 Å². The minimum absolute atomic E-state index is 0.0704. The molecule has 0 bridgehead atoms. The first-order valence-electron chi connectivity index (χ1n) is 8.97. The number of rotatable bonds is 4.